The second-order valence-electron chi connectivity index (χ2n) is 3.60. The van der Waals surface area contributed by atoms with Crippen molar-refractivity contribution >= 4 is 29.2 Å². The minimum absolute atomic E-state index is 0.0176. The normalized spacial score (nSPS) is 22.6. The van der Waals surface area contributed by atoms with Crippen molar-refractivity contribution in [1.82, 2.24) is 5.32 Å². The van der Waals surface area contributed by atoms with Gasteiger partial charge in [-0.2, -0.15) is 0 Å². The van der Waals surface area contributed by atoms with Crippen molar-refractivity contribution in [3.63, 3.8) is 0 Å². The van der Waals surface area contributed by atoms with Gasteiger partial charge in [-0.1, -0.05) is 11.8 Å². The van der Waals surface area contributed by atoms with E-state index in [0.29, 0.717) is 6.54 Å². The molecule has 0 saturated heterocycles. The van der Waals surface area contributed by atoms with E-state index in [1.54, 1.807) is 23.9 Å². The third kappa shape index (κ3) is 2.61. The van der Waals surface area contributed by atoms with Crippen LogP contribution in [0.2, 0.25) is 0 Å². The molecule has 1 heterocycles. The molecule has 0 saturated carbocycles. The topological polar surface area (TPSA) is 58.5 Å². The maximum Gasteiger partial charge on any atom is 0.216 e. The first-order chi connectivity index (χ1) is 7.65. The predicted octanol–water partition coefficient (Wildman–Crippen LogP) is 1.05. The standard InChI is InChI=1S/C11H12N2O2S/c1-7(14)12-5-4-11-13-9-3-2-8(15)6-10(9)16-11/h2-3,6,11H,4-5H2,1H3,(H,12,14). The highest BCUT2D eigenvalue weighted by Crippen LogP contribution is 2.34. The lowest BCUT2D eigenvalue weighted by molar-refractivity contribution is -0.119. The van der Waals surface area contributed by atoms with Crippen LogP contribution in [0.5, 0.6) is 0 Å². The summed E-state index contributed by atoms with van der Waals surface area (Å²) in [5, 5.41) is 2.85. The van der Waals surface area contributed by atoms with Crippen LogP contribution in [0, 0.1) is 0 Å². The molecule has 5 heteroatoms. The van der Waals surface area contributed by atoms with Gasteiger partial charge >= 0.3 is 0 Å². The van der Waals surface area contributed by atoms with Gasteiger partial charge in [-0.3, -0.25) is 14.6 Å². The summed E-state index contributed by atoms with van der Waals surface area (Å²) in [6.07, 6.45) is 5.68. The summed E-state index contributed by atoms with van der Waals surface area (Å²) < 4.78 is 0. The number of allylic oxidation sites excluding steroid dienone is 4. The van der Waals surface area contributed by atoms with Gasteiger partial charge in [0.2, 0.25) is 5.91 Å². The maximum atomic E-state index is 11.1. The summed E-state index contributed by atoms with van der Waals surface area (Å²) in [6.45, 7) is 2.12. The minimum atomic E-state index is -0.0256. The number of hydrogen-bond donors (Lipinski definition) is 1. The van der Waals surface area contributed by atoms with Gasteiger partial charge in [-0.05, 0) is 18.6 Å². The van der Waals surface area contributed by atoms with Gasteiger partial charge in [0.1, 0.15) is 5.37 Å². The Hall–Kier alpha value is -1.36. The van der Waals surface area contributed by atoms with E-state index in [1.165, 1.54) is 13.0 Å². The van der Waals surface area contributed by atoms with Gasteiger partial charge in [-0.25, -0.2) is 0 Å². The van der Waals surface area contributed by atoms with Crippen LogP contribution in [-0.4, -0.2) is 29.3 Å². The number of aliphatic imine (C=N–C) groups is 1. The van der Waals surface area contributed by atoms with Crippen LogP contribution in [0.4, 0.5) is 0 Å². The molecule has 1 aliphatic heterocycles. The molecular formula is C11H12N2O2S. The fourth-order valence-corrected chi connectivity index (χ4v) is 2.64. The van der Waals surface area contributed by atoms with E-state index in [4.69, 9.17) is 0 Å². The number of hydrogen-bond acceptors (Lipinski definition) is 4. The fraction of sp³-hybridized carbons (Fsp3) is 0.364. The molecule has 1 aliphatic carbocycles. The molecule has 2 rings (SSSR count). The Balaban J connectivity index is 1.90. The SMILES string of the molecule is CC(=O)NCCC1N=C2C=CC(=O)C=C2S1. The van der Waals surface area contributed by atoms with Crippen molar-refractivity contribution in [3.05, 3.63) is 23.1 Å². The monoisotopic (exact) mass is 236 g/mol. The molecule has 1 N–H and O–H groups in total. The van der Waals surface area contributed by atoms with E-state index >= 15 is 0 Å². The number of nitrogens with one attached hydrogen (secondary N) is 1. The highest BCUT2D eigenvalue weighted by molar-refractivity contribution is 8.05. The molecule has 1 amide bonds. The van der Waals surface area contributed by atoms with Crippen LogP contribution in [-0.2, 0) is 9.59 Å². The Kier molecular flexibility index (Phi) is 3.24. The number of rotatable bonds is 3. The second-order valence-corrected chi connectivity index (χ2v) is 4.82. The molecule has 1 atom stereocenters. The summed E-state index contributed by atoms with van der Waals surface area (Å²) in [5.74, 6) is -0.00804. The third-order valence-electron chi connectivity index (χ3n) is 2.24. The van der Waals surface area contributed by atoms with E-state index in [1.807, 2.05) is 0 Å². The Bertz CT molecular complexity index is 424. The van der Waals surface area contributed by atoms with E-state index in [0.717, 1.165) is 17.0 Å². The van der Waals surface area contributed by atoms with Crippen molar-refractivity contribution < 1.29 is 9.59 Å². The van der Waals surface area contributed by atoms with E-state index < -0.39 is 0 Å². The van der Waals surface area contributed by atoms with Crippen molar-refractivity contribution in [2.24, 2.45) is 4.99 Å². The molecule has 4 nitrogen and oxygen atoms in total. The first-order valence-electron chi connectivity index (χ1n) is 5.08. The highest BCUT2D eigenvalue weighted by Gasteiger charge is 2.24. The first-order valence-corrected chi connectivity index (χ1v) is 5.96. The van der Waals surface area contributed by atoms with E-state index in [9.17, 15) is 9.59 Å². The fourth-order valence-electron chi connectivity index (χ4n) is 1.52. The number of nitrogens with zero attached hydrogens (tertiary/aromatic N) is 1. The lowest BCUT2D eigenvalue weighted by Crippen LogP contribution is -2.22. The van der Waals surface area contributed by atoms with E-state index in [2.05, 4.69) is 10.3 Å². The summed E-state index contributed by atoms with van der Waals surface area (Å²) in [6, 6.07) is 0. The number of thioether (sulfide) groups is 1. The molecule has 1 unspecified atom stereocenters. The Morgan fingerprint density at radius 1 is 1.56 bits per heavy atom. The molecule has 2 aliphatic rings. The molecule has 84 valence electrons. The number of fused-ring (bicyclic) bond motifs is 1. The van der Waals surface area contributed by atoms with Gasteiger partial charge < -0.3 is 5.32 Å². The van der Waals surface area contributed by atoms with Gasteiger partial charge in [0.05, 0.1) is 5.71 Å². The molecule has 0 aromatic carbocycles. The summed E-state index contributed by atoms with van der Waals surface area (Å²) in [5.41, 5.74) is 0.887. The van der Waals surface area contributed by atoms with Gasteiger partial charge in [0.25, 0.3) is 0 Å². The number of ketones is 1. The average Bonchev–Trinajstić information content (AvgIpc) is 2.58. The average molecular weight is 236 g/mol. The second kappa shape index (κ2) is 4.65. The zero-order valence-electron chi connectivity index (χ0n) is 8.90. The zero-order chi connectivity index (χ0) is 11.5. The molecule has 0 aromatic rings. The molecular weight excluding hydrogens is 224 g/mol. The van der Waals surface area contributed by atoms with E-state index in [-0.39, 0.29) is 17.1 Å². The van der Waals surface area contributed by atoms with Gasteiger partial charge in [-0.15, -0.1) is 0 Å². The molecule has 0 radical (unpaired) electrons. The number of carbonyl (C=O) groups is 2. The quantitative estimate of drug-likeness (QED) is 0.745. The lowest BCUT2D eigenvalue weighted by atomic mass is 10.1. The molecule has 16 heavy (non-hydrogen) atoms. The van der Waals surface area contributed by atoms with Crippen LogP contribution < -0.4 is 5.32 Å². The predicted molar refractivity (Wildman–Crippen MR) is 64.3 cm³/mol. The minimum Gasteiger partial charge on any atom is -0.356 e. The number of amides is 1. The number of carbonyl (C=O) groups excluding carboxylic acids is 2. The summed E-state index contributed by atoms with van der Waals surface area (Å²) in [4.78, 5) is 27.2. The van der Waals surface area contributed by atoms with Crippen LogP contribution >= 0.6 is 11.8 Å². The largest absolute Gasteiger partial charge is 0.356 e. The Morgan fingerprint density at radius 3 is 3.12 bits per heavy atom. The summed E-state index contributed by atoms with van der Waals surface area (Å²) >= 11 is 1.58. The van der Waals surface area contributed by atoms with Crippen molar-refractivity contribution in [2.45, 2.75) is 18.7 Å². The maximum absolute atomic E-state index is 11.1. The lowest BCUT2D eigenvalue weighted by Gasteiger charge is -2.06. The molecule has 0 spiro atoms. The molecule has 0 bridgehead atoms. The van der Waals surface area contributed by atoms with Gasteiger partial charge in [0.15, 0.2) is 5.78 Å². The highest BCUT2D eigenvalue weighted by atomic mass is 32.2. The van der Waals surface area contributed by atoms with Crippen LogP contribution in [0.3, 0.4) is 0 Å². The van der Waals surface area contributed by atoms with Crippen LogP contribution in [0.15, 0.2) is 28.1 Å². The van der Waals surface area contributed by atoms with Crippen molar-refractivity contribution in [3.8, 4) is 0 Å². The summed E-state index contributed by atoms with van der Waals surface area (Å²) in [7, 11) is 0. The third-order valence-corrected chi connectivity index (χ3v) is 3.44. The zero-order valence-corrected chi connectivity index (χ0v) is 9.71. The van der Waals surface area contributed by atoms with Crippen molar-refractivity contribution in [1.29, 1.82) is 0 Å². The van der Waals surface area contributed by atoms with Gasteiger partial charge in [0, 0.05) is 24.4 Å². The van der Waals surface area contributed by atoms with Crippen molar-refractivity contribution in [2.75, 3.05) is 6.54 Å². The molecule has 0 aromatic heterocycles. The smallest absolute Gasteiger partial charge is 0.216 e. The Labute approximate surface area is 97.9 Å². The van der Waals surface area contributed by atoms with Crippen LogP contribution in [0.25, 0.3) is 0 Å². The molecule has 0 fully saturated rings. The first kappa shape index (κ1) is 11.1. The van der Waals surface area contributed by atoms with Crippen LogP contribution in [0.1, 0.15) is 13.3 Å². The Morgan fingerprint density at radius 2 is 2.38 bits per heavy atom.